The fourth-order valence-corrected chi connectivity index (χ4v) is 2.80. The average molecular weight is 410 g/mol. The minimum atomic E-state index is 0. The number of nitrogens with one attached hydrogen (secondary N) is 2. The molecule has 1 fully saturated rings. The summed E-state index contributed by atoms with van der Waals surface area (Å²) < 4.78 is 0. The highest BCUT2D eigenvalue weighted by Crippen LogP contribution is 2.17. The van der Waals surface area contributed by atoms with E-state index >= 15 is 0 Å². The molecule has 126 valence electrons. The highest BCUT2D eigenvalue weighted by molar-refractivity contribution is 14.0. The quantitative estimate of drug-likeness (QED) is 0.293. The lowest BCUT2D eigenvalue weighted by molar-refractivity contribution is 0.139. The van der Waals surface area contributed by atoms with E-state index in [-0.39, 0.29) is 24.0 Å². The number of halogens is 1. The first kappa shape index (κ1) is 21.0. The topological polar surface area (TPSA) is 39.7 Å². The molecule has 0 aromatic carbocycles. The van der Waals surface area contributed by atoms with E-state index in [1.54, 1.807) is 0 Å². The van der Waals surface area contributed by atoms with Gasteiger partial charge in [0.05, 0.1) is 0 Å². The maximum absolute atomic E-state index is 4.29. The lowest BCUT2D eigenvalue weighted by Crippen LogP contribution is -2.48. The zero-order valence-corrected chi connectivity index (χ0v) is 16.7. The Hall–Kier alpha value is -0.0400. The standard InChI is InChI=1S/C16H34N4.HI/c1-5-6-7-10-18-16(17-4)19-12-15(3)20-11-8-9-14(2)13-20;/h14-15H,5-13H2,1-4H3,(H2,17,18,19);1H. The molecule has 5 heteroatoms. The summed E-state index contributed by atoms with van der Waals surface area (Å²) in [6.07, 6.45) is 6.49. The molecular weight excluding hydrogens is 375 g/mol. The largest absolute Gasteiger partial charge is 0.356 e. The fourth-order valence-electron chi connectivity index (χ4n) is 2.80. The van der Waals surface area contributed by atoms with Crippen LogP contribution < -0.4 is 10.6 Å². The smallest absolute Gasteiger partial charge is 0.191 e. The zero-order chi connectivity index (χ0) is 14.8. The maximum atomic E-state index is 4.29. The van der Waals surface area contributed by atoms with Gasteiger partial charge in [0.25, 0.3) is 0 Å². The lowest BCUT2D eigenvalue weighted by atomic mass is 9.99. The predicted molar refractivity (Wildman–Crippen MR) is 104 cm³/mol. The number of guanidine groups is 1. The molecule has 0 radical (unpaired) electrons. The van der Waals surface area contributed by atoms with Crippen LogP contribution in [0.1, 0.15) is 52.9 Å². The number of aliphatic imine (C=N–C) groups is 1. The molecule has 2 N–H and O–H groups in total. The fraction of sp³-hybridized carbons (Fsp3) is 0.938. The second-order valence-electron chi connectivity index (χ2n) is 6.18. The molecule has 0 aliphatic carbocycles. The highest BCUT2D eigenvalue weighted by Gasteiger charge is 2.20. The van der Waals surface area contributed by atoms with Gasteiger partial charge in [-0.1, -0.05) is 26.7 Å². The Kier molecular flexibility index (Phi) is 12.5. The Labute approximate surface area is 148 Å². The third kappa shape index (κ3) is 8.86. The van der Waals surface area contributed by atoms with E-state index in [9.17, 15) is 0 Å². The molecular formula is C16H35IN4. The number of rotatable bonds is 7. The van der Waals surface area contributed by atoms with Gasteiger partial charge in [-0.2, -0.15) is 0 Å². The van der Waals surface area contributed by atoms with Gasteiger partial charge in [0.15, 0.2) is 5.96 Å². The van der Waals surface area contributed by atoms with Gasteiger partial charge in [0, 0.05) is 32.7 Å². The summed E-state index contributed by atoms with van der Waals surface area (Å²) in [5, 5.41) is 6.85. The zero-order valence-electron chi connectivity index (χ0n) is 14.3. The first-order valence-electron chi connectivity index (χ1n) is 8.36. The van der Waals surface area contributed by atoms with Crippen molar-refractivity contribution in [3.8, 4) is 0 Å². The van der Waals surface area contributed by atoms with E-state index < -0.39 is 0 Å². The van der Waals surface area contributed by atoms with Crippen LogP contribution in [0.5, 0.6) is 0 Å². The molecule has 4 nitrogen and oxygen atoms in total. The average Bonchev–Trinajstić information content (AvgIpc) is 2.46. The number of likely N-dealkylation sites (tertiary alicyclic amines) is 1. The van der Waals surface area contributed by atoms with Crippen LogP contribution in [0.25, 0.3) is 0 Å². The van der Waals surface area contributed by atoms with Gasteiger partial charge in [0.1, 0.15) is 0 Å². The van der Waals surface area contributed by atoms with Crippen molar-refractivity contribution in [1.29, 1.82) is 0 Å². The van der Waals surface area contributed by atoms with Crippen molar-refractivity contribution >= 4 is 29.9 Å². The van der Waals surface area contributed by atoms with E-state index in [0.717, 1.165) is 25.0 Å². The second-order valence-corrected chi connectivity index (χ2v) is 6.18. The number of hydrogen-bond donors (Lipinski definition) is 2. The molecule has 1 aliphatic rings. The van der Waals surface area contributed by atoms with Gasteiger partial charge >= 0.3 is 0 Å². The minimum absolute atomic E-state index is 0. The third-order valence-electron chi connectivity index (χ3n) is 4.17. The summed E-state index contributed by atoms with van der Waals surface area (Å²) >= 11 is 0. The van der Waals surface area contributed by atoms with Crippen molar-refractivity contribution in [2.45, 2.75) is 58.9 Å². The normalized spacial score (nSPS) is 21.5. The Morgan fingerprint density at radius 3 is 2.71 bits per heavy atom. The van der Waals surface area contributed by atoms with Crippen molar-refractivity contribution in [2.24, 2.45) is 10.9 Å². The van der Waals surface area contributed by atoms with Crippen LogP contribution in [0.3, 0.4) is 0 Å². The van der Waals surface area contributed by atoms with Gasteiger partial charge in [-0.3, -0.25) is 9.89 Å². The monoisotopic (exact) mass is 410 g/mol. The molecule has 1 rings (SSSR count). The number of piperidine rings is 1. The third-order valence-corrected chi connectivity index (χ3v) is 4.17. The number of unbranched alkanes of at least 4 members (excludes halogenated alkanes) is 2. The van der Waals surface area contributed by atoms with Crippen LogP contribution in [-0.4, -0.2) is 50.1 Å². The summed E-state index contributed by atoms with van der Waals surface area (Å²) in [7, 11) is 1.85. The van der Waals surface area contributed by atoms with Crippen molar-refractivity contribution < 1.29 is 0 Å². The molecule has 0 aromatic heterocycles. The summed E-state index contributed by atoms with van der Waals surface area (Å²) in [5.41, 5.74) is 0. The van der Waals surface area contributed by atoms with Crippen LogP contribution in [-0.2, 0) is 0 Å². The SMILES string of the molecule is CCCCCNC(=NC)NCC(C)N1CCCC(C)C1.I. The summed E-state index contributed by atoms with van der Waals surface area (Å²) in [4.78, 5) is 6.90. The van der Waals surface area contributed by atoms with E-state index in [1.165, 1.54) is 45.2 Å². The van der Waals surface area contributed by atoms with Crippen molar-refractivity contribution in [1.82, 2.24) is 15.5 Å². The highest BCUT2D eigenvalue weighted by atomic mass is 127. The summed E-state index contributed by atoms with van der Waals surface area (Å²) in [5.74, 6) is 1.79. The van der Waals surface area contributed by atoms with Gasteiger partial charge in [-0.15, -0.1) is 24.0 Å². The maximum Gasteiger partial charge on any atom is 0.191 e. The first-order chi connectivity index (χ1) is 9.67. The Morgan fingerprint density at radius 1 is 1.33 bits per heavy atom. The van der Waals surface area contributed by atoms with Crippen LogP contribution in [0.15, 0.2) is 4.99 Å². The van der Waals surface area contributed by atoms with Crippen LogP contribution >= 0.6 is 24.0 Å². The number of hydrogen-bond acceptors (Lipinski definition) is 2. The summed E-state index contributed by atoms with van der Waals surface area (Å²) in [6, 6.07) is 0.576. The second kappa shape index (κ2) is 12.5. The van der Waals surface area contributed by atoms with Crippen molar-refractivity contribution in [3.63, 3.8) is 0 Å². The van der Waals surface area contributed by atoms with Gasteiger partial charge < -0.3 is 10.6 Å². The van der Waals surface area contributed by atoms with Crippen molar-refractivity contribution in [3.05, 3.63) is 0 Å². The Balaban J connectivity index is 0.00000400. The molecule has 21 heavy (non-hydrogen) atoms. The predicted octanol–water partition coefficient (Wildman–Crippen LogP) is 3.08. The van der Waals surface area contributed by atoms with E-state index in [2.05, 4.69) is 41.3 Å². The molecule has 2 atom stereocenters. The Morgan fingerprint density at radius 2 is 2.10 bits per heavy atom. The molecule has 2 unspecified atom stereocenters. The van der Waals surface area contributed by atoms with E-state index in [4.69, 9.17) is 0 Å². The Bertz CT molecular complexity index is 283. The van der Waals surface area contributed by atoms with Gasteiger partial charge in [-0.05, 0) is 38.6 Å². The summed E-state index contributed by atoms with van der Waals surface area (Å²) in [6.45, 7) is 11.4. The molecule has 0 amide bonds. The lowest BCUT2D eigenvalue weighted by Gasteiger charge is -2.35. The van der Waals surface area contributed by atoms with Gasteiger partial charge in [0.2, 0.25) is 0 Å². The van der Waals surface area contributed by atoms with E-state index in [0.29, 0.717) is 6.04 Å². The molecule has 0 bridgehead atoms. The van der Waals surface area contributed by atoms with Gasteiger partial charge in [-0.25, -0.2) is 0 Å². The van der Waals surface area contributed by atoms with E-state index in [1.807, 2.05) is 7.05 Å². The molecule has 1 heterocycles. The minimum Gasteiger partial charge on any atom is -0.356 e. The van der Waals surface area contributed by atoms with Crippen LogP contribution in [0.4, 0.5) is 0 Å². The number of nitrogens with zero attached hydrogens (tertiary/aromatic N) is 2. The van der Waals surface area contributed by atoms with Crippen LogP contribution in [0, 0.1) is 5.92 Å². The molecule has 0 saturated carbocycles. The van der Waals surface area contributed by atoms with Crippen LogP contribution in [0.2, 0.25) is 0 Å². The molecule has 1 aliphatic heterocycles. The molecule has 1 saturated heterocycles. The first-order valence-corrected chi connectivity index (χ1v) is 8.36. The van der Waals surface area contributed by atoms with Crippen molar-refractivity contribution in [2.75, 3.05) is 33.2 Å². The molecule has 0 aromatic rings. The molecule has 0 spiro atoms.